The maximum absolute atomic E-state index is 12.1. The minimum atomic E-state index is -0.221. The molecular weight excluding hydrogens is 368 g/mol. The second kappa shape index (κ2) is 8.38. The maximum Gasteiger partial charge on any atom is 0.239 e. The van der Waals surface area contributed by atoms with Crippen molar-refractivity contribution in [3.05, 3.63) is 64.7 Å². The van der Waals surface area contributed by atoms with Gasteiger partial charge in [-0.1, -0.05) is 47.6 Å². The number of amidine groups is 1. The van der Waals surface area contributed by atoms with E-state index >= 15 is 0 Å². The number of rotatable bonds is 5. The van der Waals surface area contributed by atoms with Crippen LogP contribution in [0.3, 0.4) is 0 Å². The Balaban J connectivity index is 1.60. The molecule has 1 atom stereocenters. The van der Waals surface area contributed by atoms with Crippen LogP contribution in [0, 0.1) is 0 Å². The van der Waals surface area contributed by atoms with Crippen LogP contribution in [0.25, 0.3) is 0 Å². The Morgan fingerprint density at radius 1 is 1.23 bits per heavy atom. The van der Waals surface area contributed by atoms with E-state index in [-0.39, 0.29) is 11.2 Å². The highest BCUT2D eigenvalue weighted by Gasteiger charge is 2.30. The van der Waals surface area contributed by atoms with Gasteiger partial charge in [-0.05, 0) is 41.8 Å². The molecule has 0 unspecified atom stereocenters. The second-order valence-electron chi connectivity index (χ2n) is 6.07. The minimum Gasteiger partial charge on any atom is -0.378 e. The normalized spacial score (nSPS) is 18.5. The summed E-state index contributed by atoms with van der Waals surface area (Å²) in [6.07, 6.45) is 2.27. The zero-order chi connectivity index (χ0) is 18.5. The molecule has 5 nitrogen and oxygen atoms in total. The smallest absolute Gasteiger partial charge is 0.239 e. The number of hydrogen-bond donors (Lipinski definition) is 1. The number of amides is 1. The predicted molar refractivity (Wildman–Crippen MR) is 110 cm³/mol. The summed E-state index contributed by atoms with van der Waals surface area (Å²) in [6.45, 7) is 0. The van der Waals surface area contributed by atoms with Crippen molar-refractivity contribution >= 4 is 46.3 Å². The zero-order valence-electron chi connectivity index (χ0n) is 14.5. The third-order valence-electron chi connectivity index (χ3n) is 3.85. The third kappa shape index (κ3) is 4.86. The van der Waals surface area contributed by atoms with E-state index < -0.39 is 0 Å². The molecular formula is C19H19ClN4OS. The summed E-state index contributed by atoms with van der Waals surface area (Å²) < 4.78 is 0. The Hall–Kier alpha value is -2.31. The molecule has 134 valence electrons. The molecule has 26 heavy (non-hydrogen) atoms. The van der Waals surface area contributed by atoms with Crippen molar-refractivity contribution in [2.75, 3.05) is 19.0 Å². The Morgan fingerprint density at radius 2 is 2.00 bits per heavy atom. The maximum atomic E-state index is 12.1. The van der Waals surface area contributed by atoms with E-state index in [0.29, 0.717) is 16.6 Å². The van der Waals surface area contributed by atoms with Gasteiger partial charge in [-0.3, -0.25) is 4.79 Å². The molecule has 0 spiro atoms. The van der Waals surface area contributed by atoms with Gasteiger partial charge in [-0.15, -0.1) is 5.10 Å². The summed E-state index contributed by atoms with van der Waals surface area (Å²) in [5, 5.41) is 11.9. The second-order valence-corrected chi connectivity index (χ2v) is 7.69. The number of halogens is 1. The molecule has 2 aromatic rings. The highest BCUT2D eigenvalue weighted by molar-refractivity contribution is 8.15. The lowest BCUT2D eigenvalue weighted by molar-refractivity contribution is -0.118. The van der Waals surface area contributed by atoms with Crippen LogP contribution in [0.4, 0.5) is 5.69 Å². The van der Waals surface area contributed by atoms with Crippen LogP contribution in [0.1, 0.15) is 11.1 Å². The quantitative estimate of drug-likeness (QED) is 0.631. The van der Waals surface area contributed by atoms with E-state index in [2.05, 4.69) is 15.5 Å². The van der Waals surface area contributed by atoms with Crippen molar-refractivity contribution in [2.24, 2.45) is 10.2 Å². The minimum absolute atomic E-state index is 0.0562. The molecule has 0 saturated carbocycles. The van der Waals surface area contributed by atoms with Gasteiger partial charge in [0.15, 0.2) is 5.17 Å². The van der Waals surface area contributed by atoms with Gasteiger partial charge in [-0.2, -0.15) is 5.10 Å². The first kappa shape index (κ1) is 18.5. The number of nitrogens with zero attached hydrogens (tertiary/aromatic N) is 3. The Labute approximate surface area is 162 Å². The van der Waals surface area contributed by atoms with Crippen LogP contribution in [-0.4, -0.2) is 36.6 Å². The molecule has 1 aliphatic heterocycles. The molecule has 1 fully saturated rings. The highest BCUT2D eigenvalue weighted by Crippen LogP contribution is 2.24. The summed E-state index contributed by atoms with van der Waals surface area (Å²) in [4.78, 5) is 14.1. The van der Waals surface area contributed by atoms with Crippen molar-refractivity contribution in [3.8, 4) is 0 Å². The molecule has 1 saturated heterocycles. The topological polar surface area (TPSA) is 57.1 Å². The van der Waals surface area contributed by atoms with Crippen LogP contribution >= 0.6 is 23.4 Å². The number of thioether (sulfide) groups is 1. The molecule has 0 aromatic heterocycles. The van der Waals surface area contributed by atoms with Gasteiger partial charge >= 0.3 is 0 Å². The van der Waals surface area contributed by atoms with E-state index in [4.69, 9.17) is 11.6 Å². The van der Waals surface area contributed by atoms with E-state index in [9.17, 15) is 4.79 Å². The van der Waals surface area contributed by atoms with Crippen molar-refractivity contribution in [1.29, 1.82) is 0 Å². The van der Waals surface area contributed by atoms with Gasteiger partial charge in [0.25, 0.3) is 0 Å². The molecule has 1 heterocycles. The van der Waals surface area contributed by atoms with E-state index in [1.165, 1.54) is 11.8 Å². The zero-order valence-corrected chi connectivity index (χ0v) is 16.1. The molecule has 0 bridgehead atoms. The molecule has 0 radical (unpaired) electrons. The third-order valence-corrected chi connectivity index (χ3v) is 5.16. The van der Waals surface area contributed by atoms with Crippen molar-refractivity contribution in [3.63, 3.8) is 0 Å². The Bertz CT molecular complexity index is 849. The van der Waals surface area contributed by atoms with Gasteiger partial charge < -0.3 is 10.2 Å². The summed E-state index contributed by atoms with van der Waals surface area (Å²) in [5.74, 6) is -0.0562. The monoisotopic (exact) mass is 386 g/mol. The van der Waals surface area contributed by atoms with E-state index in [1.54, 1.807) is 6.21 Å². The van der Waals surface area contributed by atoms with Crippen LogP contribution in [0.5, 0.6) is 0 Å². The average molecular weight is 387 g/mol. The lowest BCUT2D eigenvalue weighted by atomic mass is 10.1. The van der Waals surface area contributed by atoms with Gasteiger partial charge in [0.2, 0.25) is 5.91 Å². The van der Waals surface area contributed by atoms with Crippen LogP contribution in [-0.2, 0) is 11.2 Å². The van der Waals surface area contributed by atoms with Crippen molar-refractivity contribution in [1.82, 2.24) is 5.32 Å². The molecule has 7 heteroatoms. The fraction of sp³-hybridized carbons (Fsp3) is 0.211. The first-order valence-corrected chi connectivity index (χ1v) is 9.37. The van der Waals surface area contributed by atoms with Crippen LogP contribution < -0.4 is 10.2 Å². The predicted octanol–water partition coefficient (Wildman–Crippen LogP) is 3.57. The molecule has 3 rings (SSSR count). The molecule has 1 aliphatic rings. The van der Waals surface area contributed by atoms with Crippen LogP contribution in [0.15, 0.2) is 58.7 Å². The van der Waals surface area contributed by atoms with Crippen LogP contribution in [0.2, 0.25) is 5.02 Å². The summed E-state index contributed by atoms with van der Waals surface area (Å²) in [7, 11) is 3.99. The highest BCUT2D eigenvalue weighted by atomic mass is 35.5. The summed E-state index contributed by atoms with van der Waals surface area (Å²) in [5.41, 5.74) is 3.09. The average Bonchev–Trinajstić information content (AvgIpc) is 2.95. The first-order valence-electron chi connectivity index (χ1n) is 8.11. The van der Waals surface area contributed by atoms with E-state index in [1.807, 2.05) is 67.5 Å². The molecule has 1 N–H and O–H groups in total. The number of carbonyl (C=O) groups excluding carboxylic acids is 1. The fourth-order valence-corrected chi connectivity index (χ4v) is 3.65. The van der Waals surface area contributed by atoms with Gasteiger partial charge in [-0.25, -0.2) is 0 Å². The lowest BCUT2D eigenvalue weighted by Gasteiger charge is -2.11. The SMILES string of the molecule is CN(C)c1ccc(/C=N/N=C2\NC(=O)[C@H](Cc3cccc(Cl)c3)S2)cc1. The molecule has 0 aliphatic carbocycles. The first-order chi connectivity index (χ1) is 12.5. The molecule has 2 aromatic carbocycles. The number of benzene rings is 2. The Kier molecular flexibility index (Phi) is 5.96. The van der Waals surface area contributed by atoms with Crippen molar-refractivity contribution < 1.29 is 4.79 Å². The lowest BCUT2D eigenvalue weighted by Crippen LogP contribution is -2.25. The number of carbonyl (C=O) groups is 1. The summed E-state index contributed by atoms with van der Waals surface area (Å²) in [6, 6.07) is 15.5. The number of anilines is 1. The summed E-state index contributed by atoms with van der Waals surface area (Å²) >= 11 is 7.38. The largest absolute Gasteiger partial charge is 0.378 e. The Morgan fingerprint density at radius 3 is 2.69 bits per heavy atom. The number of nitrogens with one attached hydrogen (secondary N) is 1. The van der Waals surface area contributed by atoms with Gasteiger partial charge in [0.05, 0.1) is 11.5 Å². The standard InChI is InChI=1S/C19H19ClN4OS/c1-24(2)16-8-6-13(7-9-16)12-21-23-19-22-18(25)17(26-19)11-14-4-3-5-15(20)10-14/h3-10,12,17H,11H2,1-2H3,(H,22,23,25)/b21-12+/t17-/m0/s1. The van der Waals surface area contributed by atoms with Crippen molar-refractivity contribution in [2.45, 2.75) is 11.7 Å². The van der Waals surface area contributed by atoms with Gasteiger partial charge in [0, 0.05) is 24.8 Å². The fourth-order valence-electron chi connectivity index (χ4n) is 2.47. The van der Waals surface area contributed by atoms with E-state index in [0.717, 1.165) is 16.8 Å². The molecule has 1 amide bonds. The number of hydrogen-bond acceptors (Lipinski definition) is 5. The van der Waals surface area contributed by atoms with Gasteiger partial charge in [0.1, 0.15) is 0 Å².